The summed E-state index contributed by atoms with van der Waals surface area (Å²) in [5, 5.41) is 2.89. The molecule has 0 atom stereocenters. The van der Waals surface area contributed by atoms with Crippen molar-refractivity contribution in [1.29, 1.82) is 0 Å². The maximum Gasteiger partial charge on any atom is 0.317 e. The molecule has 0 aromatic heterocycles. The lowest BCUT2D eigenvalue weighted by molar-refractivity contribution is -0.00694. The van der Waals surface area contributed by atoms with E-state index in [1.54, 1.807) is 28.6 Å². The maximum absolute atomic E-state index is 12.6. The first-order valence-electron chi connectivity index (χ1n) is 8.55. The topological polar surface area (TPSA) is 69.7 Å². The van der Waals surface area contributed by atoms with Gasteiger partial charge in [0.25, 0.3) is 0 Å². The van der Waals surface area contributed by atoms with Crippen molar-refractivity contribution in [3.8, 4) is 0 Å². The molecule has 0 bridgehead atoms. The summed E-state index contributed by atoms with van der Waals surface area (Å²) in [6.45, 7) is 5.26. The lowest BCUT2D eigenvalue weighted by Gasteiger charge is -2.53. The van der Waals surface area contributed by atoms with E-state index in [2.05, 4.69) is 5.32 Å². The van der Waals surface area contributed by atoms with Crippen molar-refractivity contribution in [2.45, 2.75) is 31.1 Å². The van der Waals surface area contributed by atoms with Crippen molar-refractivity contribution >= 4 is 16.1 Å². The minimum atomic E-state index is -3.40. The van der Waals surface area contributed by atoms with Crippen LogP contribution in [0.25, 0.3) is 0 Å². The second-order valence-corrected chi connectivity index (χ2v) is 8.74. The Morgan fingerprint density at radius 1 is 1.17 bits per heavy atom. The standard InChI is InChI=1S/C17H25N3O3S/c1-2-10-18-16(21)19-13-17(14-19)8-11-20(12-9-17)24(22,23)15-6-4-3-5-7-15/h3-7H,2,8-14H2,1H3,(H,18,21). The molecule has 2 aliphatic rings. The lowest BCUT2D eigenvalue weighted by Crippen LogP contribution is -2.63. The van der Waals surface area contributed by atoms with Gasteiger partial charge in [0.2, 0.25) is 10.0 Å². The monoisotopic (exact) mass is 351 g/mol. The Morgan fingerprint density at radius 3 is 2.38 bits per heavy atom. The number of benzene rings is 1. The second kappa shape index (κ2) is 6.72. The molecular weight excluding hydrogens is 326 g/mol. The van der Waals surface area contributed by atoms with E-state index in [0.717, 1.165) is 32.4 Å². The molecule has 132 valence electrons. The van der Waals surface area contributed by atoms with Crippen LogP contribution in [0.3, 0.4) is 0 Å². The van der Waals surface area contributed by atoms with Crippen molar-refractivity contribution in [2.75, 3.05) is 32.7 Å². The largest absolute Gasteiger partial charge is 0.338 e. The van der Waals surface area contributed by atoms with Gasteiger partial charge in [0.1, 0.15) is 0 Å². The zero-order valence-corrected chi connectivity index (χ0v) is 14.9. The van der Waals surface area contributed by atoms with Gasteiger partial charge < -0.3 is 10.2 Å². The molecule has 1 spiro atoms. The van der Waals surface area contributed by atoms with E-state index in [1.807, 2.05) is 17.9 Å². The van der Waals surface area contributed by atoms with Crippen LogP contribution in [-0.2, 0) is 10.0 Å². The highest BCUT2D eigenvalue weighted by Crippen LogP contribution is 2.41. The maximum atomic E-state index is 12.6. The lowest BCUT2D eigenvalue weighted by atomic mass is 9.72. The SMILES string of the molecule is CCCNC(=O)N1CC2(CCN(S(=O)(=O)c3ccccc3)CC2)C1. The van der Waals surface area contributed by atoms with Crippen molar-refractivity contribution in [2.24, 2.45) is 5.41 Å². The van der Waals surface area contributed by atoms with Crippen LogP contribution in [-0.4, -0.2) is 56.4 Å². The Bertz CT molecular complexity index is 674. The van der Waals surface area contributed by atoms with Crippen LogP contribution in [0.1, 0.15) is 26.2 Å². The summed E-state index contributed by atoms with van der Waals surface area (Å²) < 4.78 is 26.9. The number of urea groups is 1. The quantitative estimate of drug-likeness (QED) is 0.901. The fraction of sp³-hybridized carbons (Fsp3) is 0.588. The molecule has 0 saturated carbocycles. The zero-order chi connectivity index (χ0) is 17.2. The van der Waals surface area contributed by atoms with E-state index < -0.39 is 10.0 Å². The summed E-state index contributed by atoms with van der Waals surface area (Å²) in [6, 6.07) is 8.60. The molecule has 2 heterocycles. The number of nitrogens with zero attached hydrogens (tertiary/aromatic N) is 2. The number of nitrogens with one attached hydrogen (secondary N) is 1. The summed E-state index contributed by atoms with van der Waals surface area (Å²) in [7, 11) is -3.40. The van der Waals surface area contributed by atoms with Crippen LogP contribution in [0.5, 0.6) is 0 Å². The Labute approximate surface area is 143 Å². The molecule has 1 N–H and O–H groups in total. The van der Waals surface area contributed by atoms with Gasteiger partial charge in [-0.25, -0.2) is 13.2 Å². The predicted molar refractivity (Wildman–Crippen MR) is 92.1 cm³/mol. The second-order valence-electron chi connectivity index (χ2n) is 6.81. The van der Waals surface area contributed by atoms with Crippen molar-refractivity contribution < 1.29 is 13.2 Å². The van der Waals surface area contributed by atoms with Gasteiger partial charge in [0.05, 0.1) is 4.90 Å². The summed E-state index contributed by atoms with van der Waals surface area (Å²) in [6.07, 6.45) is 2.56. The Hall–Kier alpha value is -1.60. The van der Waals surface area contributed by atoms with Gasteiger partial charge >= 0.3 is 6.03 Å². The van der Waals surface area contributed by atoms with E-state index in [1.165, 1.54) is 0 Å². The first-order valence-corrected chi connectivity index (χ1v) is 9.99. The van der Waals surface area contributed by atoms with Gasteiger partial charge in [-0.05, 0) is 31.4 Å². The zero-order valence-electron chi connectivity index (χ0n) is 14.1. The van der Waals surface area contributed by atoms with Crippen LogP contribution < -0.4 is 5.32 Å². The Balaban J connectivity index is 1.55. The van der Waals surface area contributed by atoms with Crippen molar-refractivity contribution in [3.05, 3.63) is 30.3 Å². The number of hydrogen-bond acceptors (Lipinski definition) is 3. The minimum Gasteiger partial charge on any atom is -0.338 e. The molecule has 0 radical (unpaired) electrons. The third-order valence-corrected chi connectivity index (χ3v) is 6.94. The van der Waals surface area contributed by atoms with Gasteiger partial charge in [-0.3, -0.25) is 0 Å². The number of rotatable bonds is 4. The van der Waals surface area contributed by atoms with Crippen LogP contribution >= 0.6 is 0 Å². The molecule has 7 heteroatoms. The molecule has 6 nitrogen and oxygen atoms in total. The molecule has 2 fully saturated rings. The number of likely N-dealkylation sites (tertiary alicyclic amines) is 1. The molecule has 2 aliphatic heterocycles. The molecule has 2 saturated heterocycles. The highest BCUT2D eigenvalue weighted by Gasteiger charge is 2.48. The molecule has 3 rings (SSSR count). The smallest absolute Gasteiger partial charge is 0.317 e. The van der Waals surface area contributed by atoms with Gasteiger partial charge in [-0.15, -0.1) is 0 Å². The van der Waals surface area contributed by atoms with Crippen LogP contribution in [0.15, 0.2) is 35.2 Å². The van der Waals surface area contributed by atoms with E-state index >= 15 is 0 Å². The number of sulfonamides is 1. The number of hydrogen-bond donors (Lipinski definition) is 1. The molecule has 1 aromatic carbocycles. The third kappa shape index (κ3) is 3.28. The molecule has 0 aliphatic carbocycles. The van der Waals surface area contributed by atoms with E-state index in [9.17, 15) is 13.2 Å². The summed E-state index contributed by atoms with van der Waals surface area (Å²) in [5.41, 5.74) is 0.103. The summed E-state index contributed by atoms with van der Waals surface area (Å²) >= 11 is 0. The van der Waals surface area contributed by atoms with Crippen LogP contribution in [0.2, 0.25) is 0 Å². The summed E-state index contributed by atoms with van der Waals surface area (Å²) in [5.74, 6) is 0. The molecule has 24 heavy (non-hydrogen) atoms. The van der Waals surface area contributed by atoms with Crippen LogP contribution in [0.4, 0.5) is 4.79 Å². The van der Waals surface area contributed by atoms with Gasteiger partial charge in [0, 0.05) is 38.1 Å². The first kappa shape index (κ1) is 17.2. The normalized spacial score (nSPS) is 20.6. The minimum absolute atomic E-state index is 0.00168. The van der Waals surface area contributed by atoms with Gasteiger partial charge in [-0.2, -0.15) is 4.31 Å². The van der Waals surface area contributed by atoms with Crippen molar-refractivity contribution in [1.82, 2.24) is 14.5 Å². The average Bonchev–Trinajstić information content (AvgIpc) is 2.58. The fourth-order valence-electron chi connectivity index (χ4n) is 3.51. The van der Waals surface area contributed by atoms with Crippen LogP contribution in [0, 0.1) is 5.41 Å². The summed E-state index contributed by atoms with van der Waals surface area (Å²) in [4.78, 5) is 14.1. The first-order chi connectivity index (χ1) is 11.5. The number of amides is 2. The van der Waals surface area contributed by atoms with Gasteiger partial charge in [0.15, 0.2) is 0 Å². The van der Waals surface area contributed by atoms with E-state index in [0.29, 0.717) is 24.5 Å². The predicted octanol–water partition coefficient (Wildman–Crippen LogP) is 1.89. The molecule has 0 unspecified atom stereocenters. The molecular formula is C17H25N3O3S. The van der Waals surface area contributed by atoms with Crippen molar-refractivity contribution in [3.63, 3.8) is 0 Å². The Kier molecular flexibility index (Phi) is 4.83. The van der Waals surface area contributed by atoms with Gasteiger partial charge in [-0.1, -0.05) is 25.1 Å². The average molecular weight is 351 g/mol. The fourth-order valence-corrected chi connectivity index (χ4v) is 4.97. The van der Waals surface area contributed by atoms with E-state index in [-0.39, 0.29) is 11.4 Å². The van der Waals surface area contributed by atoms with E-state index in [4.69, 9.17) is 0 Å². The highest BCUT2D eigenvalue weighted by atomic mass is 32.2. The Morgan fingerprint density at radius 2 is 1.79 bits per heavy atom. The number of carbonyl (C=O) groups is 1. The molecule has 2 amide bonds. The number of piperidine rings is 1. The third-order valence-electron chi connectivity index (χ3n) is 5.03. The number of carbonyl (C=O) groups excluding carboxylic acids is 1. The molecule has 1 aromatic rings. The highest BCUT2D eigenvalue weighted by molar-refractivity contribution is 7.89.